The summed E-state index contributed by atoms with van der Waals surface area (Å²) in [5.41, 5.74) is 0.554. The van der Waals surface area contributed by atoms with Gasteiger partial charge < -0.3 is 14.5 Å². The van der Waals surface area contributed by atoms with E-state index in [9.17, 15) is 4.79 Å². The second-order valence-electron chi connectivity index (χ2n) is 8.64. The maximum absolute atomic E-state index is 13.2. The third kappa shape index (κ3) is 5.63. The van der Waals surface area contributed by atoms with Crippen LogP contribution in [0.5, 0.6) is 5.88 Å². The van der Waals surface area contributed by atoms with Gasteiger partial charge >= 0.3 is 0 Å². The molecule has 0 radical (unpaired) electrons. The van der Waals surface area contributed by atoms with Crippen molar-refractivity contribution in [2.24, 2.45) is 17.8 Å². The number of piperidine rings is 2. The molecular weight excluding hydrogens is 438 g/mol. The number of nitriles is 1. The Morgan fingerprint density at radius 1 is 1.18 bits per heavy atom. The van der Waals surface area contributed by atoms with Crippen molar-refractivity contribution in [3.63, 3.8) is 0 Å². The summed E-state index contributed by atoms with van der Waals surface area (Å²) in [7, 11) is 0. The van der Waals surface area contributed by atoms with Crippen LogP contribution in [0.3, 0.4) is 0 Å². The Labute approximate surface area is 199 Å². The number of hydrogen-bond donors (Lipinski definition) is 0. The van der Waals surface area contributed by atoms with E-state index in [1.54, 1.807) is 30.6 Å². The molecule has 7 nitrogen and oxygen atoms in total. The van der Waals surface area contributed by atoms with Gasteiger partial charge in [0, 0.05) is 62.4 Å². The van der Waals surface area contributed by atoms with E-state index in [1.807, 2.05) is 17.0 Å². The number of likely N-dealkylation sites (tertiary alicyclic amines) is 1. The smallest absolute Gasteiger partial charge is 0.225 e. The maximum Gasteiger partial charge on any atom is 0.225 e. The minimum Gasteiger partial charge on any atom is -0.477 e. The summed E-state index contributed by atoms with van der Waals surface area (Å²) in [4.78, 5) is 26.0. The molecule has 4 heterocycles. The summed E-state index contributed by atoms with van der Waals surface area (Å²) in [6.07, 6.45) is 7.62. The van der Waals surface area contributed by atoms with Crippen molar-refractivity contribution in [3.8, 4) is 11.9 Å². The zero-order valence-corrected chi connectivity index (χ0v) is 19.3. The van der Waals surface area contributed by atoms with Crippen LogP contribution in [0.15, 0.2) is 49.3 Å². The molecule has 1 amide bonds. The third-order valence-corrected chi connectivity index (χ3v) is 6.84. The van der Waals surface area contributed by atoms with Crippen molar-refractivity contribution in [1.82, 2.24) is 14.9 Å². The molecule has 0 spiro atoms. The van der Waals surface area contributed by atoms with Gasteiger partial charge in [-0.25, -0.2) is 9.97 Å². The highest BCUT2D eigenvalue weighted by atomic mass is 35.5. The summed E-state index contributed by atoms with van der Waals surface area (Å²) >= 11 is 5.88. The summed E-state index contributed by atoms with van der Waals surface area (Å²) in [5, 5.41) is 9.52. The number of carbonyl (C=O) groups excluding carboxylic acids is 1. The summed E-state index contributed by atoms with van der Waals surface area (Å²) in [6, 6.07) is 9.28. The van der Waals surface area contributed by atoms with Gasteiger partial charge in [-0.1, -0.05) is 17.7 Å². The fourth-order valence-electron chi connectivity index (χ4n) is 4.60. The molecule has 0 aliphatic carbocycles. The number of rotatable bonds is 6. The molecule has 4 rings (SSSR count). The molecule has 8 heteroatoms. The van der Waals surface area contributed by atoms with Gasteiger partial charge in [0.25, 0.3) is 0 Å². The average Bonchev–Trinajstić information content (AvgIpc) is 2.88. The lowest BCUT2D eigenvalue weighted by molar-refractivity contribution is -0.138. The highest BCUT2D eigenvalue weighted by molar-refractivity contribution is 6.30. The molecule has 2 aliphatic rings. The molecule has 0 unspecified atom stereocenters. The molecule has 0 N–H and O–H groups in total. The Morgan fingerprint density at radius 2 is 2.00 bits per heavy atom. The Hall–Kier alpha value is -3.11. The minimum absolute atomic E-state index is 0.0381. The first-order valence-electron chi connectivity index (χ1n) is 11.3. The van der Waals surface area contributed by atoms with Gasteiger partial charge in [0.2, 0.25) is 11.8 Å². The highest BCUT2D eigenvalue weighted by Gasteiger charge is 2.34. The van der Waals surface area contributed by atoms with E-state index >= 15 is 0 Å². The first kappa shape index (κ1) is 23.1. The predicted octanol–water partition coefficient (Wildman–Crippen LogP) is 3.95. The van der Waals surface area contributed by atoms with Crippen LogP contribution in [0.2, 0.25) is 5.02 Å². The predicted molar refractivity (Wildman–Crippen MR) is 127 cm³/mol. The Bertz CT molecular complexity index is 997. The zero-order valence-electron chi connectivity index (χ0n) is 18.6. The third-order valence-electron chi connectivity index (χ3n) is 6.61. The maximum atomic E-state index is 13.2. The van der Waals surface area contributed by atoms with E-state index in [-0.39, 0.29) is 17.7 Å². The molecule has 2 saturated heterocycles. The average molecular weight is 466 g/mol. The fourth-order valence-corrected chi connectivity index (χ4v) is 4.71. The van der Waals surface area contributed by atoms with Crippen molar-refractivity contribution in [3.05, 3.63) is 59.9 Å². The van der Waals surface area contributed by atoms with Crippen molar-refractivity contribution in [2.45, 2.75) is 19.3 Å². The van der Waals surface area contributed by atoms with Crippen LogP contribution in [-0.4, -0.2) is 53.6 Å². The zero-order chi connectivity index (χ0) is 23.2. The van der Waals surface area contributed by atoms with Gasteiger partial charge in [-0.3, -0.25) is 4.79 Å². The molecule has 2 aliphatic heterocycles. The van der Waals surface area contributed by atoms with E-state index in [2.05, 4.69) is 27.5 Å². The molecule has 2 fully saturated rings. The standard InChI is InChI=1S/C25H28ClN5O2/c1-2-19-16-31(12-9-21(19)17-33-24-6-4-22(26)15-29-24)25(32)20-7-10-30(11-8-20)23-5-3-18(13-27)14-28-23/h2-6,14-15,19-21H,1,7-12,16-17H2/t19-,21+/m0/s1. The second-order valence-corrected chi connectivity index (χ2v) is 9.07. The molecule has 0 aromatic carbocycles. The lowest BCUT2D eigenvalue weighted by Crippen LogP contribution is -2.48. The lowest BCUT2D eigenvalue weighted by Gasteiger charge is -2.40. The first-order valence-corrected chi connectivity index (χ1v) is 11.7. The number of amides is 1. The van der Waals surface area contributed by atoms with Crippen molar-refractivity contribution < 1.29 is 9.53 Å². The first-order chi connectivity index (χ1) is 16.1. The second kappa shape index (κ2) is 10.7. The van der Waals surface area contributed by atoms with Crippen molar-refractivity contribution in [2.75, 3.05) is 37.7 Å². The van der Waals surface area contributed by atoms with Crippen LogP contribution in [0, 0.1) is 29.1 Å². The number of pyridine rings is 2. The Kier molecular flexibility index (Phi) is 7.46. The van der Waals surface area contributed by atoms with E-state index in [1.165, 1.54) is 0 Å². The number of carbonyl (C=O) groups is 1. The number of aromatic nitrogens is 2. The van der Waals surface area contributed by atoms with E-state index in [0.29, 0.717) is 35.5 Å². The number of ether oxygens (including phenoxy) is 1. The van der Waals surface area contributed by atoms with Crippen LogP contribution in [0.25, 0.3) is 0 Å². The molecular formula is C25H28ClN5O2. The summed E-state index contributed by atoms with van der Waals surface area (Å²) in [5.74, 6) is 2.20. The monoisotopic (exact) mass is 465 g/mol. The lowest BCUT2D eigenvalue weighted by atomic mass is 9.85. The van der Waals surface area contributed by atoms with Crippen molar-refractivity contribution in [1.29, 1.82) is 5.26 Å². The number of anilines is 1. The molecule has 33 heavy (non-hydrogen) atoms. The molecule has 2 aromatic heterocycles. The number of nitrogens with zero attached hydrogens (tertiary/aromatic N) is 5. The molecule has 0 bridgehead atoms. The van der Waals surface area contributed by atoms with Gasteiger partial charge in [-0.05, 0) is 37.5 Å². The topological polar surface area (TPSA) is 82.4 Å². The summed E-state index contributed by atoms with van der Waals surface area (Å²) < 4.78 is 5.86. The van der Waals surface area contributed by atoms with Gasteiger partial charge in [0.15, 0.2) is 0 Å². The van der Waals surface area contributed by atoms with Crippen LogP contribution in [0.4, 0.5) is 5.82 Å². The van der Waals surface area contributed by atoms with E-state index in [0.717, 1.165) is 44.7 Å². The molecule has 2 atom stereocenters. The van der Waals surface area contributed by atoms with Crippen molar-refractivity contribution >= 4 is 23.3 Å². The number of hydrogen-bond acceptors (Lipinski definition) is 6. The van der Waals surface area contributed by atoms with Crippen LogP contribution in [0.1, 0.15) is 24.8 Å². The van der Waals surface area contributed by atoms with E-state index < -0.39 is 0 Å². The largest absolute Gasteiger partial charge is 0.477 e. The number of halogens is 1. The van der Waals surface area contributed by atoms with Gasteiger partial charge in [0.05, 0.1) is 17.2 Å². The van der Waals surface area contributed by atoms with Crippen LogP contribution < -0.4 is 9.64 Å². The quantitative estimate of drug-likeness (QED) is 0.601. The van der Waals surface area contributed by atoms with Crippen LogP contribution in [-0.2, 0) is 4.79 Å². The molecule has 172 valence electrons. The van der Waals surface area contributed by atoms with Gasteiger partial charge in [-0.2, -0.15) is 5.26 Å². The van der Waals surface area contributed by atoms with Gasteiger partial charge in [0.1, 0.15) is 11.9 Å². The van der Waals surface area contributed by atoms with E-state index in [4.69, 9.17) is 21.6 Å². The Balaban J connectivity index is 1.27. The highest BCUT2D eigenvalue weighted by Crippen LogP contribution is 2.29. The normalized spacial score (nSPS) is 21.3. The molecule has 0 saturated carbocycles. The van der Waals surface area contributed by atoms with Gasteiger partial charge in [-0.15, -0.1) is 6.58 Å². The fraction of sp³-hybridized carbons (Fsp3) is 0.440. The Morgan fingerprint density at radius 3 is 2.64 bits per heavy atom. The SMILES string of the molecule is C=C[C@H]1CN(C(=O)C2CCN(c3ccc(C#N)cn3)CC2)CC[C@@H]1COc1ccc(Cl)cn1. The molecule has 2 aromatic rings. The minimum atomic E-state index is 0.0381. The van der Waals surface area contributed by atoms with Crippen LogP contribution >= 0.6 is 11.6 Å². The summed E-state index contributed by atoms with van der Waals surface area (Å²) in [6.45, 7) is 7.55.